The number of hydrogen-bond acceptors (Lipinski definition) is 18. The molecule has 13 rings (SSSR count). The normalized spacial score (nSPS) is 16.4. The molecule has 27 heteroatoms. The van der Waals surface area contributed by atoms with Gasteiger partial charge in [-0.05, 0) is 130 Å². The molecule has 9 aromatic rings. The molecule has 94 heavy (non-hydrogen) atoms. The van der Waals surface area contributed by atoms with Crippen LogP contribution in [0.3, 0.4) is 0 Å². The predicted octanol–water partition coefficient (Wildman–Crippen LogP) is 11.5. The summed E-state index contributed by atoms with van der Waals surface area (Å²) in [6.45, 7) is 7.11. The number of carboxylic acids is 1. The van der Waals surface area contributed by atoms with E-state index in [-0.39, 0.29) is 29.2 Å². The number of anilines is 4. The lowest BCUT2D eigenvalue weighted by Gasteiger charge is -2.43. The maximum atomic E-state index is 13.0. The van der Waals surface area contributed by atoms with E-state index >= 15 is 0 Å². The Kier molecular flexibility index (Phi) is 19.6. The van der Waals surface area contributed by atoms with Gasteiger partial charge in [-0.25, -0.2) is 24.6 Å². The molecule has 3 amide bonds. The van der Waals surface area contributed by atoms with Crippen LogP contribution in [0.4, 0.5) is 36.4 Å². The summed E-state index contributed by atoms with van der Waals surface area (Å²) in [5.41, 5.74) is 1.39. The van der Waals surface area contributed by atoms with Crippen molar-refractivity contribution in [2.75, 3.05) is 67.9 Å². The van der Waals surface area contributed by atoms with Gasteiger partial charge in [0.1, 0.15) is 56.6 Å². The van der Waals surface area contributed by atoms with Gasteiger partial charge in [0.05, 0.1) is 62.7 Å². The number of nitriles is 1. The highest BCUT2D eigenvalue weighted by atomic mass is 19.4. The molecule has 0 radical (unpaired) electrons. The van der Waals surface area contributed by atoms with Crippen LogP contribution in [0.15, 0.2) is 134 Å². The summed E-state index contributed by atoms with van der Waals surface area (Å²) in [6.07, 6.45) is 8.68. The standard InChI is InChI=1S/C33H31F3N6O3.C29H28N8O4.C5H8O3/c1-44-25-11-7-21(8-12-25)20-42-31-29(30(41-42)39-24-5-3-2-4-6-24)27(16-18-38-31)45-26-13-9-22(10-14-26)32(43)40-28-19-23(15-17-37-28)33(34,35)36;1-29(16-40-17-29)28(39)37-12-2-3-20(15-37)33-26-24-22(9-11-32-25(24)35-36-26)41-21-6-4-19(5-7-21)27(38)34-23-13-18(14-30)8-10-31-23;1-5(4(6)7)2-8-3-5/h7-19,24H,2-6,20H2,1H3,(H,39,41)(H,37,40,43);4-11,13,20H,2-3,12,15-17H2,1H3,(H,31,34,38)(H2,32,33,35,36);2-3H2,1H3,(H,6,7)/t;20-;/m.1./s1. The number of amides is 3. The second-order valence-corrected chi connectivity index (χ2v) is 23.7. The van der Waals surface area contributed by atoms with E-state index in [1.54, 1.807) is 81.0 Å². The number of methoxy groups -OCH3 is 1. The third-order valence-electron chi connectivity index (χ3n) is 16.4. The molecule has 1 aliphatic carbocycles. The lowest BCUT2D eigenvalue weighted by Crippen LogP contribution is -2.56. The second kappa shape index (κ2) is 28.4. The molecule has 0 spiro atoms. The largest absolute Gasteiger partial charge is 0.497 e. The lowest BCUT2D eigenvalue weighted by molar-refractivity contribution is -0.175. The van der Waals surface area contributed by atoms with Crippen LogP contribution < -0.4 is 35.5 Å². The summed E-state index contributed by atoms with van der Waals surface area (Å²) in [6, 6.07) is 31.4. The first-order chi connectivity index (χ1) is 45.3. The molecule has 4 aliphatic rings. The third-order valence-corrected chi connectivity index (χ3v) is 16.4. The summed E-state index contributed by atoms with van der Waals surface area (Å²) in [5.74, 6) is 2.66. The Balaban J connectivity index is 0.000000172. The molecule has 3 saturated heterocycles. The quantitative estimate of drug-likeness (QED) is 0.0493. The maximum Gasteiger partial charge on any atom is 0.416 e. The van der Waals surface area contributed by atoms with Crippen molar-refractivity contribution in [3.63, 3.8) is 0 Å². The van der Waals surface area contributed by atoms with E-state index in [0.29, 0.717) is 114 Å². The van der Waals surface area contributed by atoms with Crippen LogP contribution in [-0.2, 0) is 31.8 Å². The monoisotopic (exact) mass is 1280 g/mol. The number of piperidine rings is 1. The SMILES string of the molecule is CC1(C(=O)N2CCC[C@@H](Nc3n[nH]c4nccc(Oc5ccc(C(=O)Nc6cc(C#N)ccn6)cc5)c34)C2)COC1.CC1(C(=O)O)COC1.COc1ccc(Cn2nc(NC3CCCCC3)c3c(Oc4ccc(C(=O)Nc5cc(C(F)(F)F)ccn5)cc4)ccnc32)cc1. The molecule has 6 aromatic heterocycles. The fourth-order valence-corrected chi connectivity index (χ4v) is 11.0. The van der Waals surface area contributed by atoms with Crippen LogP contribution >= 0.6 is 0 Å². The number of aromatic amines is 1. The summed E-state index contributed by atoms with van der Waals surface area (Å²) in [5, 5.41) is 43.5. The van der Waals surface area contributed by atoms with E-state index in [1.165, 1.54) is 30.8 Å². The van der Waals surface area contributed by atoms with Crippen LogP contribution in [0.1, 0.15) is 96.2 Å². The molecule has 0 unspecified atom stereocenters. The molecule has 9 heterocycles. The minimum atomic E-state index is -4.54. The van der Waals surface area contributed by atoms with Gasteiger partial charge in [-0.1, -0.05) is 31.4 Å². The van der Waals surface area contributed by atoms with Crippen molar-refractivity contribution in [3.8, 4) is 34.8 Å². The van der Waals surface area contributed by atoms with Crippen LogP contribution in [0.25, 0.3) is 22.1 Å². The molecule has 486 valence electrons. The number of H-pyrrole nitrogens is 1. The average molecular weight is 1290 g/mol. The Morgan fingerprint density at radius 1 is 0.681 bits per heavy atom. The first kappa shape index (κ1) is 64.8. The molecule has 24 nitrogen and oxygen atoms in total. The van der Waals surface area contributed by atoms with Crippen molar-refractivity contribution in [2.24, 2.45) is 10.8 Å². The fraction of sp³-hybridized carbons (Fsp3) is 0.328. The van der Waals surface area contributed by atoms with E-state index in [4.69, 9.17) is 39.2 Å². The van der Waals surface area contributed by atoms with Crippen LogP contribution in [0.5, 0.6) is 28.7 Å². The van der Waals surface area contributed by atoms with E-state index in [2.05, 4.69) is 51.4 Å². The minimum absolute atomic E-state index is 0.0259. The number of fused-ring (bicyclic) bond motifs is 2. The van der Waals surface area contributed by atoms with Crippen molar-refractivity contribution in [1.82, 2.24) is 44.8 Å². The Hall–Kier alpha value is -10.7. The maximum absolute atomic E-state index is 13.0. The molecule has 1 atom stereocenters. The van der Waals surface area contributed by atoms with Gasteiger partial charge in [0.25, 0.3) is 11.8 Å². The summed E-state index contributed by atoms with van der Waals surface area (Å²) >= 11 is 0. The third kappa shape index (κ3) is 15.4. The van der Waals surface area contributed by atoms with Gasteiger partial charge in [0.2, 0.25) is 5.91 Å². The van der Waals surface area contributed by atoms with E-state index in [9.17, 15) is 32.3 Å². The number of benzene rings is 3. The van der Waals surface area contributed by atoms with Crippen molar-refractivity contribution in [2.45, 2.75) is 83.6 Å². The number of hydrogen-bond donors (Lipinski definition) is 6. The minimum Gasteiger partial charge on any atom is -0.497 e. The zero-order valence-corrected chi connectivity index (χ0v) is 51.5. The highest BCUT2D eigenvalue weighted by Crippen LogP contribution is 2.38. The average Bonchev–Trinajstić information content (AvgIpc) is 1.63. The number of aromatic nitrogens is 8. The van der Waals surface area contributed by atoms with Gasteiger partial charge in [-0.15, -0.1) is 0 Å². The van der Waals surface area contributed by atoms with Crippen LogP contribution in [0.2, 0.25) is 0 Å². The number of carbonyl (C=O) groups is 4. The molecule has 3 aromatic carbocycles. The molecule has 3 aliphatic heterocycles. The number of nitrogens with zero attached hydrogens (tertiary/aromatic N) is 9. The Bertz CT molecular complexity index is 4220. The molecule has 0 bridgehead atoms. The smallest absolute Gasteiger partial charge is 0.416 e. The predicted molar refractivity (Wildman–Crippen MR) is 340 cm³/mol. The van der Waals surface area contributed by atoms with Crippen molar-refractivity contribution < 1.29 is 61.1 Å². The van der Waals surface area contributed by atoms with Gasteiger partial charge in [0, 0.05) is 73.2 Å². The Morgan fingerprint density at radius 3 is 1.82 bits per heavy atom. The lowest BCUT2D eigenvalue weighted by atomic mass is 9.86. The number of nitrogens with one attached hydrogen (secondary N) is 5. The Labute approximate surface area is 537 Å². The van der Waals surface area contributed by atoms with Gasteiger partial charge in [0.15, 0.2) is 22.9 Å². The number of aliphatic carboxylic acids is 1. The van der Waals surface area contributed by atoms with E-state index in [0.717, 1.165) is 80.1 Å². The van der Waals surface area contributed by atoms with Crippen LogP contribution in [-0.4, -0.2) is 132 Å². The van der Waals surface area contributed by atoms with Gasteiger partial charge >= 0.3 is 12.1 Å². The number of carbonyl (C=O) groups excluding carboxylic acids is 3. The van der Waals surface area contributed by atoms with Gasteiger partial charge < -0.3 is 55.0 Å². The van der Waals surface area contributed by atoms with Crippen molar-refractivity contribution in [3.05, 3.63) is 162 Å². The zero-order chi connectivity index (χ0) is 66.0. The van der Waals surface area contributed by atoms with Gasteiger partial charge in [-0.2, -0.15) is 28.6 Å². The second-order valence-electron chi connectivity index (χ2n) is 23.7. The number of alkyl halides is 3. The number of rotatable bonds is 17. The molecule has 1 saturated carbocycles. The summed E-state index contributed by atoms with van der Waals surface area (Å²) in [7, 11) is 1.63. The molecular formula is C67H67F3N14O10. The molecule has 4 fully saturated rings. The van der Waals surface area contributed by atoms with E-state index in [1.807, 2.05) is 46.8 Å². The first-order valence-corrected chi connectivity index (χ1v) is 30.4. The van der Waals surface area contributed by atoms with Crippen molar-refractivity contribution in [1.29, 1.82) is 5.26 Å². The topological polar surface area (TPSA) is 308 Å². The summed E-state index contributed by atoms with van der Waals surface area (Å²) in [4.78, 5) is 67.5. The number of likely N-dealkylation sites (tertiary alicyclic amines) is 1. The first-order valence-electron chi connectivity index (χ1n) is 30.4. The summed E-state index contributed by atoms with van der Waals surface area (Å²) < 4.78 is 68.8. The number of halogens is 3. The fourth-order valence-electron chi connectivity index (χ4n) is 11.0. The van der Waals surface area contributed by atoms with Crippen LogP contribution in [0, 0.1) is 22.2 Å². The van der Waals surface area contributed by atoms with Crippen molar-refractivity contribution >= 4 is 69.0 Å². The van der Waals surface area contributed by atoms with Gasteiger partial charge in [-0.3, -0.25) is 24.3 Å². The highest BCUT2D eigenvalue weighted by molar-refractivity contribution is 6.04. The number of carboxylic acid groups (broad SMARTS) is 1. The molecule has 6 N–H and O–H groups in total. The van der Waals surface area contributed by atoms with E-state index < -0.39 is 34.4 Å². The number of ether oxygens (including phenoxy) is 5. The zero-order valence-electron chi connectivity index (χ0n) is 51.5. The Morgan fingerprint density at radius 2 is 1.24 bits per heavy atom. The highest BCUT2D eigenvalue weighted by Gasteiger charge is 2.45. The number of pyridine rings is 4. The molecular weight excluding hydrogens is 1220 g/mol.